The zero-order chi connectivity index (χ0) is 16.0. The van der Waals surface area contributed by atoms with Gasteiger partial charge in [-0.05, 0) is 35.4 Å². The molecule has 7 heteroatoms. The first-order chi connectivity index (χ1) is 11.0. The Bertz CT molecular complexity index is 922. The fourth-order valence-corrected chi connectivity index (χ4v) is 3.98. The third kappa shape index (κ3) is 2.43. The molecule has 2 aliphatic rings. The number of hydrogen-bond acceptors (Lipinski definition) is 4. The highest BCUT2D eigenvalue weighted by molar-refractivity contribution is 7.92. The molecule has 0 aromatic heterocycles. The molecule has 0 atom stereocenters. The average Bonchev–Trinajstić information content (AvgIpc) is 3.11. The van der Waals surface area contributed by atoms with Gasteiger partial charge in [-0.2, -0.15) is 0 Å². The SMILES string of the molecule is O=C1Cc2cc(S(=O)(=O)Nc3cccc4c3OCC4)ccc2N1. The van der Waals surface area contributed by atoms with E-state index in [1.807, 2.05) is 6.07 Å². The average molecular weight is 330 g/mol. The summed E-state index contributed by atoms with van der Waals surface area (Å²) in [5, 5.41) is 2.69. The number of fused-ring (bicyclic) bond motifs is 2. The molecule has 6 nitrogen and oxygen atoms in total. The standard InChI is InChI=1S/C16H14N2O4S/c19-15-9-11-8-12(4-5-13(11)17-15)23(20,21)18-14-3-1-2-10-6-7-22-16(10)14/h1-5,8,18H,6-7,9H2,(H,17,19). The molecule has 0 spiro atoms. The molecule has 23 heavy (non-hydrogen) atoms. The van der Waals surface area contributed by atoms with Gasteiger partial charge in [0.25, 0.3) is 10.0 Å². The van der Waals surface area contributed by atoms with E-state index in [0.29, 0.717) is 29.3 Å². The third-order valence-corrected chi connectivity index (χ3v) is 5.33. The maximum absolute atomic E-state index is 12.6. The summed E-state index contributed by atoms with van der Waals surface area (Å²) in [5.41, 5.74) is 2.79. The van der Waals surface area contributed by atoms with E-state index in [2.05, 4.69) is 10.0 Å². The number of nitrogens with one attached hydrogen (secondary N) is 2. The van der Waals surface area contributed by atoms with Gasteiger partial charge in [0.15, 0.2) is 0 Å². The van der Waals surface area contributed by atoms with Crippen LogP contribution in [0.3, 0.4) is 0 Å². The van der Waals surface area contributed by atoms with Crippen molar-refractivity contribution < 1.29 is 17.9 Å². The van der Waals surface area contributed by atoms with Gasteiger partial charge in [0.1, 0.15) is 5.75 Å². The second kappa shape index (κ2) is 4.99. The van der Waals surface area contributed by atoms with Crippen molar-refractivity contribution in [1.82, 2.24) is 0 Å². The van der Waals surface area contributed by atoms with Crippen LogP contribution in [-0.2, 0) is 27.7 Å². The van der Waals surface area contributed by atoms with E-state index in [4.69, 9.17) is 4.74 Å². The summed E-state index contributed by atoms with van der Waals surface area (Å²) >= 11 is 0. The summed E-state index contributed by atoms with van der Waals surface area (Å²) in [6.45, 7) is 0.556. The number of sulfonamides is 1. The third-order valence-electron chi connectivity index (χ3n) is 3.97. The molecule has 2 N–H and O–H groups in total. The highest BCUT2D eigenvalue weighted by atomic mass is 32.2. The summed E-state index contributed by atoms with van der Waals surface area (Å²) in [5.74, 6) is 0.464. The summed E-state index contributed by atoms with van der Waals surface area (Å²) < 4.78 is 33.3. The van der Waals surface area contributed by atoms with E-state index in [1.54, 1.807) is 18.2 Å². The van der Waals surface area contributed by atoms with E-state index in [-0.39, 0.29) is 17.2 Å². The fraction of sp³-hybridized carbons (Fsp3) is 0.188. The lowest BCUT2D eigenvalue weighted by molar-refractivity contribution is -0.115. The number of amides is 1. The monoisotopic (exact) mass is 330 g/mol. The van der Waals surface area contributed by atoms with Crippen LogP contribution < -0.4 is 14.8 Å². The van der Waals surface area contributed by atoms with Crippen LogP contribution in [0.4, 0.5) is 11.4 Å². The first kappa shape index (κ1) is 14.1. The number of rotatable bonds is 3. The van der Waals surface area contributed by atoms with Crippen LogP contribution in [0, 0.1) is 0 Å². The van der Waals surface area contributed by atoms with Gasteiger partial charge in [-0.15, -0.1) is 0 Å². The smallest absolute Gasteiger partial charge is 0.262 e. The molecule has 0 bridgehead atoms. The highest BCUT2D eigenvalue weighted by Crippen LogP contribution is 2.35. The molecule has 4 rings (SSSR count). The second-order valence-corrected chi connectivity index (χ2v) is 7.22. The van der Waals surface area contributed by atoms with Crippen molar-refractivity contribution in [3.05, 3.63) is 47.5 Å². The van der Waals surface area contributed by atoms with Gasteiger partial charge < -0.3 is 10.1 Å². The minimum Gasteiger partial charge on any atom is -0.491 e. The molecule has 2 aromatic carbocycles. The number of benzene rings is 2. The molecule has 2 aromatic rings. The highest BCUT2D eigenvalue weighted by Gasteiger charge is 2.24. The topological polar surface area (TPSA) is 84.5 Å². The molecule has 0 fully saturated rings. The summed E-state index contributed by atoms with van der Waals surface area (Å²) in [6.07, 6.45) is 0.972. The Morgan fingerprint density at radius 3 is 2.87 bits per heavy atom. The lowest BCUT2D eigenvalue weighted by Crippen LogP contribution is -2.13. The molecular weight excluding hydrogens is 316 g/mol. The number of carbonyl (C=O) groups excluding carboxylic acids is 1. The predicted molar refractivity (Wildman–Crippen MR) is 85.2 cm³/mol. The van der Waals surface area contributed by atoms with Gasteiger partial charge in [0, 0.05) is 12.1 Å². The first-order valence-electron chi connectivity index (χ1n) is 7.23. The van der Waals surface area contributed by atoms with Crippen molar-refractivity contribution in [2.75, 3.05) is 16.6 Å². The molecule has 0 saturated heterocycles. The van der Waals surface area contributed by atoms with Crippen LogP contribution in [0.5, 0.6) is 5.75 Å². The lowest BCUT2D eigenvalue weighted by atomic mass is 10.1. The Labute approximate surface area is 133 Å². The maximum Gasteiger partial charge on any atom is 0.262 e. The number of hydrogen-bond donors (Lipinski definition) is 2. The van der Waals surface area contributed by atoms with E-state index >= 15 is 0 Å². The van der Waals surface area contributed by atoms with Crippen LogP contribution in [-0.4, -0.2) is 20.9 Å². The molecule has 2 aliphatic heterocycles. The molecule has 0 radical (unpaired) electrons. The number of anilines is 2. The Morgan fingerprint density at radius 1 is 1.13 bits per heavy atom. The molecule has 0 aliphatic carbocycles. The molecule has 0 saturated carbocycles. The van der Waals surface area contributed by atoms with Gasteiger partial charge in [0.2, 0.25) is 5.91 Å². The quantitative estimate of drug-likeness (QED) is 0.900. The van der Waals surface area contributed by atoms with Crippen molar-refractivity contribution in [2.45, 2.75) is 17.7 Å². The largest absolute Gasteiger partial charge is 0.491 e. The fourth-order valence-electron chi connectivity index (χ4n) is 2.87. The van der Waals surface area contributed by atoms with Crippen molar-refractivity contribution in [1.29, 1.82) is 0 Å². The maximum atomic E-state index is 12.6. The Morgan fingerprint density at radius 2 is 2.00 bits per heavy atom. The van der Waals surface area contributed by atoms with Crippen molar-refractivity contribution in [2.24, 2.45) is 0 Å². The van der Waals surface area contributed by atoms with E-state index in [1.165, 1.54) is 12.1 Å². The molecular formula is C16H14N2O4S. The molecule has 118 valence electrons. The first-order valence-corrected chi connectivity index (χ1v) is 8.71. The van der Waals surface area contributed by atoms with Crippen molar-refractivity contribution in [3.63, 3.8) is 0 Å². The van der Waals surface area contributed by atoms with Crippen LogP contribution in [0.25, 0.3) is 0 Å². The zero-order valence-electron chi connectivity index (χ0n) is 12.1. The van der Waals surface area contributed by atoms with Gasteiger partial charge in [0.05, 0.1) is 23.6 Å². The van der Waals surface area contributed by atoms with Gasteiger partial charge in [-0.3, -0.25) is 9.52 Å². The van der Waals surface area contributed by atoms with Crippen LogP contribution in [0.2, 0.25) is 0 Å². The minimum absolute atomic E-state index is 0.128. The van der Waals surface area contributed by atoms with Crippen LogP contribution >= 0.6 is 0 Å². The zero-order valence-corrected chi connectivity index (χ0v) is 12.9. The number of carbonyl (C=O) groups is 1. The summed E-state index contributed by atoms with van der Waals surface area (Å²) in [7, 11) is -3.74. The Kier molecular flexibility index (Phi) is 3.05. The Hall–Kier alpha value is -2.54. The molecule has 2 heterocycles. The van der Waals surface area contributed by atoms with Crippen LogP contribution in [0.1, 0.15) is 11.1 Å². The van der Waals surface area contributed by atoms with Crippen LogP contribution in [0.15, 0.2) is 41.3 Å². The molecule has 0 unspecified atom stereocenters. The second-order valence-electron chi connectivity index (χ2n) is 5.54. The Balaban J connectivity index is 1.68. The number of para-hydroxylation sites is 1. The van der Waals surface area contributed by atoms with E-state index in [9.17, 15) is 13.2 Å². The van der Waals surface area contributed by atoms with E-state index in [0.717, 1.165) is 12.0 Å². The van der Waals surface area contributed by atoms with Crippen molar-refractivity contribution in [3.8, 4) is 5.75 Å². The summed E-state index contributed by atoms with van der Waals surface area (Å²) in [4.78, 5) is 11.5. The van der Waals surface area contributed by atoms with Gasteiger partial charge in [-0.1, -0.05) is 12.1 Å². The van der Waals surface area contributed by atoms with E-state index < -0.39 is 10.0 Å². The number of ether oxygens (including phenoxy) is 1. The van der Waals surface area contributed by atoms with Gasteiger partial charge in [-0.25, -0.2) is 8.42 Å². The predicted octanol–water partition coefficient (Wildman–Crippen LogP) is 1.92. The van der Waals surface area contributed by atoms with Crippen molar-refractivity contribution >= 4 is 27.3 Å². The van der Waals surface area contributed by atoms with Gasteiger partial charge >= 0.3 is 0 Å². The lowest BCUT2D eigenvalue weighted by Gasteiger charge is -2.12. The molecule has 1 amide bonds. The summed E-state index contributed by atoms with van der Waals surface area (Å²) in [6, 6.07) is 10.0. The normalized spacial score (nSPS) is 15.6. The minimum atomic E-state index is -3.74.